The van der Waals surface area contributed by atoms with E-state index in [2.05, 4.69) is 25.2 Å². The molecule has 98 valence electrons. The minimum absolute atomic E-state index is 0.107. The van der Waals surface area contributed by atoms with Gasteiger partial charge >= 0.3 is 0 Å². The number of carbonyl (C=O) groups is 1. The smallest absolute Gasteiger partial charge is 0.240 e. The Morgan fingerprint density at radius 2 is 1.71 bits per heavy atom. The van der Waals surface area contributed by atoms with Gasteiger partial charge in [0.25, 0.3) is 0 Å². The molecule has 0 heterocycles. The van der Waals surface area contributed by atoms with Crippen LogP contribution >= 0.6 is 0 Å². The molecule has 0 radical (unpaired) electrons. The van der Waals surface area contributed by atoms with Crippen molar-refractivity contribution >= 4 is 5.91 Å². The Balaban J connectivity index is 4.68. The lowest BCUT2D eigenvalue weighted by molar-refractivity contribution is -0.129. The second-order valence-electron chi connectivity index (χ2n) is 4.74. The fourth-order valence-corrected chi connectivity index (χ4v) is 2.24. The van der Waals surface area contributed by atoms with Gasteiger partial charge in [-0.25, -0.2) is 0 Å². The molecule has 0 aliphatic rings. The van der Waals surface area contributed by atoms with Gasteiger partial charge in [0.1, 0.15) is 5.41 Å². The van der Waals surface area contributed by atoms with Crippen molar-refractivity contribution < 1.29 is 4.79 Å². The molecule has 1 unspecified atom stereocenters. The largest absolute Gasteiger partial charge is 0.352 e. The Labute approximate surface area is 106 Å². The van der Waals surface area contributed by atoms with Gasteiger partial charge in [-0.15, -0.1) is 0 Å². The predicted octanol–water partition coefficient (Wildman–Crippen LogP) is 3.26. The Morgan fingerprint density at radius 3 is 2.00 bits per heavy atom. The SMILES string of the molecule is CCC(CC)C(C)NC(=O)C(C#N)(CC)CC. The monoisotopic (exact) mass is 238 g/mol. The van der Waals surface area contributed by atoms with Crippen LogP contribution in [-0.4, -0.2) is 11.9 Å². The number of hydrogen-bond donors (Lipinski definition) is 1. The van der Waals surface area contributed by atoms with E-state index in [1.54, 1.807) is 0 Å². The molecule has 0 aromatic carbocycles. The maximum Gasteiger partial charge on any atom is 0.240 e. The number of amides is 1. The molecule has 3 heteroatoms. The van der Waals surface area contributed by atoms with Gasteiger partial charge in [-0.2, -0.15) is 5.26 Å². The lowest BCUT2D eigenvalue weighted by atomic mass is 9.82. The highest BCUT2D eigenvalue weighted by atomic mass is 16.2. The average molecular weight is 238 g/mol. The van der Waals surface area contributed by atoms with Crippen LogP contribution in [0.15, 0.2) is 0 Å². The van der Waals surface area contributed by atoms with E-state index in [-0.39, 0.29) is 11.9 Å². The van der Waals surface area contributed by atoms with E-state index in [1.807, 2.05) is 20.8 Å². The molecule has 0 spiro atoms. The Morgan fingerprint density at radius 1 is 1.24 bits per heavy atom. The van der Waals surface area contributed by atoms with Gasteiger partial charge in [0.2, 0.25) is 5.91 Å². The van der Waals surface area contributed by atoms with E-state index in [0.717, 1.165) is 12.8 Å². The summed E-state index contributed by atoms with van der Waals surface area (Å²) in [5.41, 5.74) is -0.847. The fraction of sp³-hybridized carbons (Fsp3) is 0.857. The normalized spacial score (nSPS) is 13.2. The molecule has 0 rings (SSSR count). The highest BCUT2D eigenvalue weighted by molar-refractivity contribution is 5.85. The van der Waals surface area contributed by atoms with Gasteiger partial charge in [-0.05, 0) is 25.7 Å². The first-order valence-electron chi connectivity index (χ1n) is 6.73. The molecule has 0 aliphatic carbocycles. The molecule has 1 atom stereocenters. The topological polar surface area (TPSA) is 52.9 Å². The third-order valence-corrected chi connectivity index (χ3v) is 3.97. The van der Waals surface area contributed by atoms with Crippen LogP contribution in [0.4, 0.5) is 0 Å². The van der Waals surface area contributed by atoms with Gasteiger partial charge in [0, 0.05) is 6.04 Å². The molecule has 0 aliphatic heterocycles. The van der Waals surface area contributed by atoms with Gasteiger partial charge in [-0.1, -0.05) is 40.5 Å². The van der Waals surface area contributed by atoms with Crippen LogP contribution in [0.3, 0.4) is 0 Å². The Hall–Kier alpha value is -1.04. The van der Waals surface area contributed by atoms with E-state index < -0.39 is 5.41 Å². The second kappa shape index (κ2) is 7.32. The van der Waals surface area contributed by atoms with E-state index in [4.69, 9.17) is 0 Å². The van der Waals surface area contributed by atoms with Gasteiger partial charge in [-0.3, -0.25) is 4.79 Å². The number of nitriles is 1. The van der Waals surface area contributed by atoms with Crippen LogP contribution < -0.4 is 5.32 Å². The number of nitrogens with zero attached hydrogens (tertiary/aromatic N) is 1. The quantitative estimate of drug-likeness (QED) is 0.740. The molecule has 0 bridgehead atoms. The minimum Gasteiger partial charge on any atom is -0.352 e. The van der Waals surface area contributed by atoms with E-state index in [0.29, 0.717) is 18.8 Å². The second-order valence-corrected chi connectivity index (χ2v) is 4.74. The van der Waals surface area contributed by atoms with Crippen molar-refractivity contribution in [1.82, 2.24) is 5.32 Å². The third-order valence-electron chi connectivity index (χ3n) is 3.97. The molecular formula is C14H26N2O. The summed E-state index contributed by atoms with van der Waals surface area (Å²) in [5.74, 6) is 0.383. The van der Waals surface area contributed by atoms with E-state index >= 15 is 0 Å². The molecule has 1 N–H and O–H groups in total. The van der Waals surface area contributed by atoms with E-state index in [1.165, 1.54) is 0 Å². The number of carbonyl (C=O) groups excluding carboxylic acids is 1. The molecule has 17 heavy (non-hydrogen) atoms. The van der Waals surface area contributed by atoms with Crippen molar-refractivity contribution in [1.29, 1.82) is 5.26 Å². The highest BCUT2D eigenvalue weighted by Crippen LogP contribution is 2.26. The molecular weight excluding hydrogens is 212 g/mol. The average Bonchev–Trinajstić information content (AvgIpc) is 2.33. The molecule has 0 saturated carbocycles. The van der Waals surface area contributed by atoms with Crippen molar-refractivity contribution in [2.45, 2.75) is 66.3 Å². The third kappa shape index (κ3) is 3.73. The van der Waals surface area contributed by atoms with Gasteiger partial charge < -0.3 is 5.32 Å². The molecule has 0 aromatic heterocycles. The first kappa shape index (κ1) is 16.0. The predicted molar refractivity (Wildman–Crippen MR) is 70.3 cm³/mol. The summed E-state index contributed by atoms with van der Waals surface area (Å²) in [4.78, 5) is 12.2. The first-order valence-corrected chi connectivity index (χ1v) is 6.73. The summed E-state index contributed by atoms with van der Waals surface area (Å²) in [7, 11) is 0. The van der Waals surface area contributed by atoms with Crippen LogP contribution in [0.5, 0.6) is 0 Å². The molecule has 3 nitrogen and oxygen atoms in total. The lowest BCUT2D eigenvalue weighted by Gasteiger charge is -2.28. The van der Waals surface area contributed by atoms with Crippen molar-refractivity contribution in [2.24, 2.45) is 11.3 Å². The van der Waals surface area contributed by atoms with Crippen molar-refractivity contribution in [3.8, 4) is 6.07 Å². The number of hydrogen-bond acceptors (Lipinski definition) is 2. The summed E-state index contributed by atoms with van der Waals surface area (Å²) >= 11 is 0. The fourth-order valence-electron chi connectivity index (χ4n) is 2.24. The van der Waals surface area contributed by atoms with Crippen molar-refractivity contribution in [3.05, 3.63) is 0 Å². The Kier molecular flexibility index (Phi) is 6.87. The van der Waals surface area contributed by atoms with Gasteiger partial charge in [0.05, 0.1) is 6.07 Å². The summed E-state index contributed by atoms with van der Waals surface area (Å²) in [5, 5.41) is 12.2. The maximum absolute atomic E-state index is 12.2. The standard InChI is InChI=1S/C14H26N2O/c1-6-12(7-2)11(5)16-13(17)14(8-3,9-4)10-15/h11-12H,6-9H2,1-5H3,(H,16,17). The van der Waals surface area contributed by atoms with Crippen LogP contribution in [0.1, 0.15) is 60.3 Å². The zero-order valence-corrected chi connectivity index (χ0v) is 11.8. The lowest BCUT2D eigenvalue weighted by Crippen LogP contribution is -2.46. The highest BCUT2D eigenvalue weighted by Gasteiger charge is 2.36. The van der Waals surface area contributed by atoms with Crippen LogP contribution in [-0.2, 0) is 4.79 Å². The molecule has 0 aromatic rings. The van der Waals surface area contributed by atoms with Crippen molar-refractivity contribution in [2.75, 3.05) is 0 Å². The molecule has 0 fully saturated rings. The number of rotatable bonds is 7. The van der Waals surface area contributed by atoms with Crippen LogP contribution in [0.2, 0.25) is 0 Å². The van der Waals surface area contributed by atoms with Crippen LogP contribution in [0, 0.1) is 22.7 Å². The van der Waals surface area contributed by atoms with E-state index in [9.17, 15) is 10.1 Å². The number of nitrogens with one attached hydrogen (secondary N) is 1. The van der Waals surface area contributed by atoms with Gasteiger partial charge in [0.15, 0.2) is 0 Å². The zero-order chi connectivity index (χ0) is 13.5. The maximum atomic E-state index is 12.2. The Bertz CT molecular complexity index is 272. The van der Waals surface area contributed by atoms with Crippen LogP contribution in [0.25, 0.3) is 0 Å². The zero-order valence-electron chi connectivity index (χ0n) is 11.8. The molecule has 0 saturated heterocycles. The summed E-state index contributed by atoms with van der Waals surface area (Å²) in [6.45, 7) is 10.1. The summed E-state index contributed by atoms with van der Waals surface area (Å²) in [6.07, 6.45) is 3.24. The summed E-state index contributed by atoms with van der Waals surface area (Å²) < 4.78 is 0. The minimum atomic E-state index is -0.847. The summed E-state index contributed by atoms with van der Waals surface area (Å²) in [6, 6.07) is 2.32. The first-order chi connectivity index (χ1) is 8.01. The molecule has 1 amide bonds. The van der Waals surface area contributed by atoms with Crippen molar-refractivity contribution in [3.63, 3.8) is 0 Å².